The van der Waals surface area contributed by atoms with Gasteiger partial charge in [0.25, 0.3) is 5.91 Å². The average molecular weight is 449 g/mol. The van der Waals surface area contributed by atoms with Crippen molar-refractivity contribution in [3.8, 4) is 0 Å². The van der Waals surface area contributed by atoms with Crippen LogP contribution in [0.5, 0.6) is 0 Å². The molecule has 0 spiro atoms. The van der Waals surface area contributed by atoms with Crippen LogP contribution in [0, 0.1) is 6.92 Å². The number of hydrogen-bond donors (Lipinski definition) is 0. The first-order chi connectivity index (χ1) is 14.9. The number of rotatable bonds is 9. The number of aryl methyl sites for hydroxylation is 1. The van der Waals surface area contributed by atoms with Crippen molar-refractivity contribution in [2.45, 2.75) is 77.0 Å². The maximum absolute atomic E-state index is 13.3. The smallest absolute Gasteiger partial charge is 0.289 e. The second-order valence-corrected chi connectivity index (χ2v) is 10.5. The normalized spacial score (nSPS) is 15.5. The predicted octanol–water partition coefficient (Wildman–Crippen LogP) is 5.35. The number of carbonyl (C=O) groups is 1. The van der Waals surface area contributed by atoms with E-state index < -0.39 is 10.0 Å². The van der Waals surface area contributed by atoms with E-state index in [0.29, 0.717) is 29.8 Å². The lowest BCUT2D eigenvalue weighted by atomic mass is 10.1. The van der Waals surface area contributed by atoms with Gasteiger partial charge < -0.3 is 9.32 Å². The lowest BCUT2D eigenvalue weighted by molar-refractivity contribution is 0.0731. The zero-order chi connectivity index (χ0) is 22.4. The van der Waals surface area contributed by atoms with E-state index in [9.17, 15) is 13.2 Å². The largest absolute Gasteiger partial charge is 0.451 e. The van der Waals surface area contributed by atoms with Crippen molar-refractivity contribution in [1.82, 2.24) is 9.21 Å². The van der Waals surface area contributed by atoms with Crippen LogP contribution in [0.25, 0.3) is 11.0 Å². The first-order valence-corrected chi connectivity index (χ1v) is 13.2. The molecule has 1 fully saturated rings. The molecule has 1 amide bonds. The molecule has 1 aliphatic rings. The molecule has 7 heteroatoms. The fraction of sp³-hybridized carbons (Fsp3) is 0.625. The van der Waals surface area contributed by atoms with Crippen LogP contribution in [0.3, 0.4) is 0 Å². The molecule has 0 saturated carbocycles. The van der Waals surface area contributed by atoms with Gasteiger partial charge >= 0.3 is 0 Å². The highest BCUT2D eigenvalue weighted by atomic mass is 32.2. The van der Waals surface area contributed by atoms with Gasteiger partial charge in [-0.05, 0) is 50.8 Å². The van der Waals surface area contributed by atoms with Crippen LogP contribution < -0.4 is 0 Å². The van der Waals surface area contributed by atoms with Crippen LogP contribution in [0.4, 0.5) is 0 Å². The first kappa shape index (κ1) is 23.8. The molecule has 0 atom stereocenters. The van der Waals surface area contributed by atoms with Crippen LogP contribution in [0.15, 0.2) is 27.5 Å². The number of benzene rings is 1. The standard InChI is InChI=1S/C24H36N2O4S/c1-4-6-16-26(17-7-5-2)31(28,29)20-12-13-22-21(18-20)19(3)23(30-22)24(27)25-14-10-8-9-11-15-25/h12-13,18H,4-11,14-17H2,1-3H3. The van der Waals surface area contributed by atoms with Crippen LogP contribution in [0.1, 0.15) is 81.3 Å². The Labute approximate surface area is 186 Å². The third-order valence-electron chi connectivity index (χ3n) is 6.16. The van der Waals surface area contributed by atoms with Gasteiger partial charge in [-0.15, -0.1) is 0 Å². The number of hydrogen-bond acceptors (Lipinski definition) is 4. The number of amides is 1. The number of sulfonamides is 1. The Kier molecular flexibility index (Phi) is 8.17. The van der Waals surface area contributed by atoms with Crippen LogP contribution in [-0.4, -0.2) is 49.7 Å². The van der Waals surface area contributed by atoms with Gasteiger partial charge in [0.2, 0.25) is 10.0 Å². The monoisotopic (exact) mass is 448 g/mol. The zero-order valence-corrected chi connectivity index (χ0v) is 20.0. The summed E-state index contributed by atoms with van der Waals surface area (Å²) < 4.78 is 34.2. The number of furan rings is 1. The Morgan fingerprint density at radius 1 is 1.03 bits per heavy atom. The van der Waals surface area contributed by atoms with Gasteiger partial charge in [0.05, 0.1) is 4.90 Å². The second kappa shape index (κ2) is 10.6. The van der Waals surface area contributed by atoms with E-state index in [1.165, 1.54) is 0 Å². The van der Waals surface area contributed by atoms with E-state index >= 15 is 0 Å². The average Bonchev–Trinajstić information content (AvgIpc) is 2.93. The molecule has 0 bridgehead atoms. The predicted molar refractivity (Wildman–Crippen MR) is 124 cm³/mol. The highest BCUT2D eigenvalue weighted by Crippen LogP contribution is 2.30. The van der Waals surface area contributed by atoms with Gasteiger partial charge in [0.15, 0.2) is 5.76 Å². The Hall–Kier alpha value is -1.86. The first-order valence-electron chi connectivity index (χ1n) is 11.7. The summed E-state index contributed by atoms with van der Waals surface area (Å²) in [6.07, 6.45) is 7.89. The van der Waals surface area contributed by atoms with Crippen molar-refractivity contribution < 1.29 is 17.6 Å². The highest BCUT2D eigenvalue weighted by molar-refractivity contribution is 7.89. The van der Waals surface area contributed by atoms with Crippen molar-refractivity contribution in [2.24, 2.45) is 0 Å². The minimum Gasteiger partial charge on any atom is -0.451 e. The molecule has 0 aliphatic carbocycles. The third-order valence-corrected chi connectivity index (χ3v) is 8.05. The summed E-state index contributed by atoms with van der Waals surface area (Å²) >= 11 is 0. The molecule has 0 unspecified atom stereocenters. The topological polar surface area (TPSA) is 70.8 Å². The molecule has 2 aromatic rings. The van der Waals surface area contributed by atoms with Crippen molar-refractivity contribution in [3.05, 3.63) is 29.5 Å². The van der Waals surface area contributed by atoms with E-state index in [0.717, 1.165) is 70.0 Å². The molecule has 3 rings (SSSR count). The molecule has 1 aliphatic heterocycles. The Morgan fingerprint density at radius 3 is 2.23 bits per heavy atom. The van der Waals surface area contributed by atoms with Crippen LogP contribution in [0.2, 0.25) is 0 Å². The van der Waals surface area contributed by atoms with E-state index in [1.54, 1.807) is 22.5 Å². The van der Waals surface area contributed by atoms with Crippen molar-refractivity contribution in [2.75, 3.05) is 26.2 Å². The fourth-order valence-electron chi connectivity index (χ4n) is 4.15. The third kappa shape index (κ3) is 5.32. The highest BCUT2D eigenvalue weighted by Gasteiger charge is 2.27. The minimum atomic E-state index is -3.59. The number of carbonyl (C=O) groups excluding carboxylic acids is 1. The fourth-order valence-corrected chi connectivity index (χ4v) is 5.70. The molecule has 0 radical (unpaired) electrons. The molecular formula is C24H36N2O4S. The van der Waals surface area contributed by atoms with Crippen LogP contribution >= 0.6 is 0 Å². The maximum Gasteiger partial charge on any atom is 0.289 e. The number of nitrogens with zero attached hydrogens (tertiary/aromatic N) is 2. The Balaban J connectivity index is 1.93. The molecule has 2 heterocycles. The van der Waals surface area contributed by atoms with Gasteiger partial charge in [-0.3, -0.25) is 4.79 Å². The number of unbranched alkanes of at least 4 members (excludes halogenated alkanes) is 2. The van der Waals surface area contributed by atoms with E-state index in [-0.39, 0.29) is 10.8 Å². The van der Waals surface area contributed by atoms with Gasteiger partial charge in [-0.1, -0.05) is 39.5 Å². The summed E-state index contributed by atoms with van der Waals surface area (Å²) in [4.78, 5) is 15.2. The SMILES string of the molecule is CCCCN(CCCC)S(=O)(=O)c1ccc2oc(C(=O)N3CCCCCC3)c(C)c2c1. The molecule has 1 saturated heterocycles. The number of likely N-dealkylation sites (tertiary alicyclic amines) is 1. The van der Waals surface area contributed by atoms with E-state index in [4.69, 9.17) is 4.42 Å². The summed E-state index contributed by atoms with van der Waals surface area (Å²) in [5.74, 6) is 0.243. The van der Waals surface area contributed by atoms with Crippen LogP contribution in [-0.2, 0) is 10.0 Å². The summed E-state index contributed by atoms with van der Waals surface area (Å²) in [7, 11) is -3.59. The zero-order valence-electron chi connectivity index (χ0n) is 19.2. The molecule has 1 aromatic heterocycles. The van der Waals surface area contributed by atoms with Crippen molar-refractivity contribution in [1.29, 1.82) is 0 Å². The molecule has 6 nitrogen and oxygen atoms in total. The summed E-state index contributed by atoms with van der Waals surface area (Å²) in [6, 6.07) is 4.96. The molecule has 1 aromatic carbocycles. The van der Waals surface area contributed by atoms with Gasteiger partial charge in [0.1, 0.15) is 5.58 Å². The quantitative estimate of drug-likeness (QED) is 0.518. The minimum absolute atomic E-state index is 0.0903. The van der Waals surface area contributed by atoms with Crippen molar-refractivity contribution in [3.63, 3.8) is 0 Å². The molecular weight excluding hydrogens is 412 g/mol. The van der Waals surface area contributed by atoms with Gasteiger partial charge in [-0.25, -0.2) is 8.42 Å². The van der Waals surface area contributed by atoms with E-state index in [2.05, 4.69) is 13.8 Å². The lowest BCUT2D eigenvalue weighted by Gasteiger charge is -2.22. The molecule has 0 N–H and O–H groups in total. The van der Waals surface area contributed by atoms with E-state index in [1.807, 2.05) is 11.8 Å². The van der Waals surface area contributed by atoms with Gasteiger partial charge in [-0.2, -0.15) is 4.31 Å². The molecule has 172 valence electrons. The lowest BCUT2D eigenvalue weighted by Crippen LogP contribution is -2.33. The second-order valence-electron chi connectivity index (χ2n) is 8.53. The Morgan fingerprint density at radius 2 is 1.65 bits per heavy atom. The Bertz CT molecular complexity index is 980. The maximum atomic E-state index is 13.3. The van der Waals surface area contributed by atoms with Crippen molar-refractivity contribution >= 4 is 26.9 Å². The summed E-state index contributed by atoms with van der Waals surface area (Å²) in [5.41, 5.74) is 1.28. The number of fused-ring (bicyclic) bond motifs is 1. The summed E-state index contributed by atoms with van der Waals surface area (Å²) in [6.45, 7) is 8.53. The molecule has 31 heavy (non-hydrogen) atoms. The van der Waals surface area contributed by atoms with Gasteiger partial charge in [0, 0.05) is 37.1 Å². The summed E-state index contributed by atoms with van der Waals surface area (Å²) in [5, 5.41) is 0.699.